The predicted octanol–water partition coefficient (Wildman–Crippen LogP) is 4.55. The number of hydrogen-bond acceptors (Lipinski definition) is 12. The minimum atomic E-state index is -6.44. The molecular weight excluding hydrogens is 710 g/mol. The highest BCUT2D eigenvalue weighted by molar-refractivity contribution is 7.86. The van der Waals surface area contributed by atoms with E-state index in [1.165, 1.54) is 20.8 Å². The van der Waals surface area contributed by atoms with Gasteiger partial charge in [0.15, 0.2) is 16.7 Å². The van der Waals surface area contributed by atoms with Crippen LogP contribution in [0.1, 0.15) is 112 Å². The molecule has 0 spiro atoms. The Morgan fingerprint density at radius 3 is 2.02 bits per heavy atom. The number of ether oxygens (including phenoxy) is 4. The fraction of sp³-hybridized carbons (Fsp3) is 0.848. The fourth-order valence-corrected chi connectivity index (χ4v) is 7.97. The molecule has 0 aromatic heterocycles. The molecule has 51 heavy (non-hydrogen) atoms. The molecule has 3 atom stereocenters. The lowest BCUT2D eigenvalue weighted by Gasteiger charge is -2.43. The topological polar surface area (TPSA) is 191 Å². The van der Waals surface area contributed by atoms with Gasteiger partial charge in [0.2, 0.25) is 12.0 Å². The number of esters is 4. The molecular formula is C33H48F4NO12S-. The molecule has 0 bridgehead atoms. The monoisotopic (exact) mass is 758 g/mol. The van der Waals surface area contributed by atoms with Crippen LogP contribution in [0.3, 0.4) is 0 Å². The maximum atomic E-state index is 14.3. The summed E-state index contributed by atoms with van der Waals surface area (Å²) in [7, 11) is -6.44. The molecule has 1 N–H and O–H groups in total. The molecule has 0 aromatic rings. The van der Waals surface area contributed by atoms with Crippen LogP contribution in [-0.4, -0.2) is 85.4 Å². The van der Waals surface area contributed by atoms with Gasteiger partial charge in [0.1, 0.15) is 5.60 Å². The molecule has 3 fully saturated rings. The van der Waals surface area contributed by atoms with Gasteiger partial charge in [0, 0.05) is 13.0 Å². The lowest BCUT2D eigenvalue weighted by atomic mass is 9.61. The van der Waals surface area contributed by atoms with Crippen LogP contribution in [0, 0.1) is 21.7 Å². The Morgan fingerprint density at radius 2 is 1.53 bits per heavy atom. The number of amides is 1. The lowest BCUT2D eigenvalue weighted by Crippen LogP contribution is -2.48. The summed E-state index contributed by atoms with van der Waals surface area (Å²) in [5.41, 5.74) is -7.05. The molecule has 1 saturated carbocycles. The minimum Gasteiger partial charge on any atom is -0.743 e. The van der Waals surface area contributed by atoms with E-state index in [4.69, 9.17) is 14.2 Å². The lowest BCUT2D eigenvalue weighted by molar-refractivity contribution is -0.179. The van der Waals surface area contributed by atoms with Gasteiger partial charge in [-0.1, -0.05) is 6.92 Å². The van der Waals surface area contributed by atoms with E-state index in [1.807, 2.05) is 6.92 Å². The molecule has 13 nitrogen and oxygen atoms in total. The summed E-state index contributed by atoms with van der Waals surface area (Å²) in [5.74, 6) is -8.87. The second-order valence-corrected chi connectivity index (χ2v) is 17.3. The standard InChI is InChI=1S/C33H49F4NO12S/c1-7-31(11-8-9-12-31)50-25(42)27(2,3)16-29(6,26(43)49-21-10-15-47-22(21)39)18-30(13-14-38-23(30)40)17-28(4,5)24(41)48-20-32(34,35)19-33(36,37)51(44,45)46/h21H,7-20H2,1-6H3,(H,38,40)(H,44,45,46)/p-1. The number of carbonyl (C=O) groups excluding carboxylic acids is 5. The number of alkyl halides is 4. The zero-order valence-electron chi connectivity index (χ0n) is 29.8. The SMILES string of the molecule is CCC1(OC(=O)C(C)(C)CC(C)(CC2(CC(C)(C)C(=O)OCC(F)(F)CC(F)(F)S(=O)(=O)[O-])CCNC2=O)C(=O)OC2CCOC2=O)CCCC1. The van der Waals surface area contributed by atoms with Crippen LogP contribution in [0.15, 0.2) is 0 Å². The Balaban J connectivity index is 1.91. The maximum Gasteiger partial charge on any atom is 0.347 e. The minimum absolute atomic E-state index is 0.0104. The highest BCUT2D eigenvalue weighted by atomic mass is 32.2. The Morgan fingerprint density at radius 1 is 0.922 bits per heavy atom. The second kappa shape index (κ2) is 14.8. The second-order valence-electron chi connectivity index (χ2n) is 15.8. The largest absolute Gasteiger partial charge is 0.743 e. The molecule has 2 heterocycles. The molecule has 0 aromatic carbocycles. The number of halogens is 4. The predicted molar refractivity (Wildman–Crippen MR) is 168 cm³/mol. The highest BCUT2D eigenvalue weighted by Crippen LogP contribution is 2.52. The normalized spacial score (nSPS) is 24.0. The molecule has 18 heteroatoms. The van der Waals surface area contributed by atoms with Gasteiger partial charge in [-0.05, 0) is 92.4 Å². The van der Waals surface area contributed by atoms with Crippen molar-refractivity contribution in [3.63, 3.8) is 0 Å². The van der Waals surface area contributed by atoms with Crippen molar-refractivity contribution in [3.05, 3.63) is 0 Å². The summed E-state index contributed by atoms with van der Waals surface area (Å²) < 4.78 is 109. The van der Waals surface area contributed by atoms with Crippen molar-refractivity contribution in [3.8, 4) is 0 Å². The number of carbonyl (C=O) groups is 5. The van der Waals surface area contributed by atoms with Crippen LogP contribution in [0.5, 0.6) is 0 Å². The van der Waals surface area contributed by atoms with E-state index in [9.17, 15) is 54.5 Å². The van der Waals surface area contributed by atoms with Crippen LogP contribution >= 0.6 is 0 Å². The van der Waals surface area contributed by atoms with Crippen molar-refractivity contribution in [2.75, 3.05) is 19.8 Å². The van der Waals surface area contributed by atoms with Crippen molar-refractivity contribution in [2.24, 2.45) is 21.7 Å². The Labute approximate surface area is 295 Å². The van der Waals surface area contributed by atoms with Gasteiger partial charge in [0.05, 0.1) is 34.7 Å². The molecule has 2 saturated heterocycles. The quantitative estimate of drug-likeness (QED) is 0.0944. The third-order valence-corrected chi connectivity index (χ3v) is 11.0. The molecule has 292 valence electrons. The molecule has 3 rings (SSSR count). The summed E-state index contributed by atoms with van der Waals surface area (Å²) in [6.07, 6.45) is -1.15. The first kappa shape index (κ1) is 42.4. The molecule has 0 radical (unpaired) electrons. The van der Waals surface area contributed by atoms with Gasteiger partial charge in [-0.15, -0.1) is 0 Å². The van der Waals surface area contributed by atoms with Crippen LogP contribution in [-0.2, 0) is 53.0 Å². The first-order valence-corrected chi connectivity index (χ1v) is 18.3. The Kier molecular flexibility index (Phi) is 12.3. The van der Waals surface area contributed by atoms with Crippen molar-refractivity contribution in [2.45, 2.75) is 135 Å². The molecule has 1 amide bonds. The van der Waals surface area contributed by atoms with Gasteiger partial charge >= 0.3 is 29.1 Å². The molecule has 3 aliphatic rings. The molecule has 3 unspecified atom stereocenters. The van der Waals surface area contributed by atoms with Gasteiger partial charge < -0.3 is 28.8 Å². The third-order valence-electron chi connectivity index (χ3n) is 10.2. The molecule has 2 aliphatic heterocycles. The smallest absolute Gasteiger partial charge is 0.347 e. The van der Waals surface area contributed by atoms with Gasteiger partial charge in [0.25, 0.3) is 5.92 Å². The van der Waals surface area contributed by atoms with Crippen molar-refractivity contribution < 1.29 is 73.5 Å². The van der Waals surface area contributed by atoms with E-state index in [0.29, 0.717) is 19.3 Å². The van der Waals surface area contributed by atoms with Gasteiger partial charge in [-0.25, -0.2) is 22.0 Å². The van der Waals surface area contributed by atoms with Crippen LogP contribution in [0.4, 0.5) is 17.6 Å². The van der Waals surface area contributed by atoms with Crippen LogP contribution in [0.2, 0.25) is 0 Å². The number of hydrogen-bond donors (Lipinski definition) is 1. The van der Waals surface area contributed by atoms with Gasteiger partial charge in [-0.3, -0.25) is 19.2 Å². The zero-order valence-corrected chi connectivity index (χ0v) is 30.6. The molecule has 1 aliphatic carbocycles. The maximum absolute atomic E-state index is 14.3. The van der Waals surface area contributed by atoms with E-state index in [0.717, 1.165) is 12.8 Å². The first-order chi connectivity index (χ1) is 23.1. The number of cyclic esters (lactones) is 1. The Bertz CT molecular complexity index is 1480. The number of rotatable bonds is 17. The average Bonchev–Trinajstić information content (AvgIpc) is 3.71. The van der Waals surface area contributed by atoms with E-state index in [1.54, 1.807) is 13.8 Å². The fourth-order valence-electron chi connectivity index (χ4n) is 7.58. The van der Waals surface area contributed by atoms with Crippen molar-refractivity contribution in [1.82, 2.24) is 5.32 Å². The van der Waals surface area contributed by atoms with E-state index >= 15 is 0 Å². The van der Waals surface area contributed by atoms with Crippen LogP contribution in [0.25, 0.3) is 0 Å². The number of nitrogens with one attached hydrogen (secondary N) is 1. The summed E-state index contributed by atoms with van der Waals surface area (Å²) in [6, 6.07) is 0. The van der Waals surface area contributed by atoms with E-state index in [2.05, 4.69) is 10.1 Å². The highest BCUT2D eigenvalue weighted by Gasteiger charge is 2.57. The summed E-state index contributed by atoms with van der Waals surface area (Å²) in [6.45, 7) is 7.12. The van der Waals surface area contributed by atoms with E-state index < -0.39 is 104 Å². The van der Waals surface area contributed by atoms with E-state index in [-0.39, 0.29) is 38.8 Å². The summed E-state index contributed by atoms with van der Waals surface area (Å²) in [4.78, 5) is 66.8. The Hall–Kier alpha value is -3.02. The van der Waals surface area contributed by atoms with Crippen LogP contribution < -0.4 is 5.32 Å². The van der Waals surface area contributed by atoms with Crippen molar-refractivity contribution in [1.29, 1.82) is 0 Å². The van der Waals surface area contributed by atoms with Gasteiger partial charge in [-0.2, -0.15) is 8.78 Å². The summed E-state index contributed by atoms with van der Waals surface area (Å²) >= 11 is 0. The third kappa shape index (κ3) is 9.90. The summed E-state index contributed by atoms with van der Waals surface area (Å²) in [5, 5.41) is -2.68. The average molecular weight is 759 g/mol. The zero-order chi connectivity index (χ0) is 38.9. The van der Waals surface area contributed by atoms with Crippen molar-refractivity contribution >= 4 is 39.9 Å². The first-order valence-electron chi connectivity index (χ1n) is 16.9.